The Hall–Kier alpha value is -1.64. The fraction of sp³-hybridized carbons (Fsp3) is 0.471. The molecule has 6 nitrogen and oxygen atoms in total. The third-order valence-electron chi connectivity index (χ3n) is 3.42. The normalized spacial score (nSPS) is 11.0. The van der Waals surface area contributed by atoms with Crippen molar-refractivity contribution in [3.05, 3.63) is 47.5 Å². The van der Waals surface area contributed by atoms with Crippen molar-refractivity contribution in [2.45, 2.75) is 39.8 Å². The Balaban J connectivity index is 0.00000288. The van der Waals surface area contributed by atoms with Gasteiger partial charge in [-0.2, -0.15) is 5.10 Å². The number of unbranched alkanes of at least 4 members (excludes halogenated alkanes) is 1. The molecule has 0 amide bonds. The lowest BCUT2D eigenvalue weighted by molar-refractivity contribution is 0.701. The number of hydrogen-bond donors (Lipinski definition) is 2. The van der Waals surface area contributed by atoms with Crippen molar-refractivity contribution in [1.82, 2.24) is 25.4 Å². The molecule has 2 rings (SSSR count). The summed E-state index contributed by atoms with van der Waals surface area (Å²) in [7, 11) is 1.86. The number of nitrogens with one attached hydrogen (secondary N) is 2. The molecule has 0 fully saturated rings. The van der Waals surface area contributed by atoms with Crippen LogP contribution in [0.3, 0.4) is 0 Å². The van der Waals surface area contributed by atoms with E-state index in [9.17, 15) is 0 Å². The van der Waals surface area contributed by atoms with E-state index in [-0.39, 0.29) is 24.0 Å². The number of hydrogen-bond acceptors (Lipinski definition) is 3. The highest BCUT2D eigenvalue weighted by Gasteiger charge is 2.02. The van der Waals surface area contributed by atoms with E-state index in [0.29, 0.717) is 13.1 Å². The molecule has 0 bridgehead atoms. The van der Waals surface area contributed by atoms with E-state index in [1.165, 1.54) is 11.1 Å². The summed E-state index contributed by atoms with van der Waals surface area (Å²) in [5.41, 5.74) is 2.46. The average molecular weight is 442 g/mol. The fourth-order valence-corrected chi connectivity index (χ4v) is 2.05. The molecule has 2 N–H and O–H groups in total. The van der Waals surface area contributed by atoms with Gasteiger partial charge in [0.15, 0.2) is 11.8 Å². The predicted octanol–water partition coefficient (Wildman–Crippen LogP) is 2.78. The summed E-state index contributed by atoms with van der Waals surface area (Å²) in [6, 6.07) is 8.45. The SMILES string of the molecule is CCCCNC(=NCc1ccc(C)cc1)NCc1ncn(C)n1.I. The minimum absolute atomic E-state index is 0. The topological polar surface area (TPSA) is 67.1 Å². The number of nitrogens with zero attached hydrogens (tertiary/aromatic N) is 4. The highest BCUT2D eigenvalue weighted by atomic mass is 127. The second-order valence-electron chi connectivity index (χ2n) is 5.62. The minimum atomic E-state index is 0. The second kappa shape index (κ2) is 11.0. The predicted molar refractivity (Wildman–Crippen MR) is 108 cm³/mol. The molecule has 1 aromatic carbocycles. The zero-order valence-electron chi connectivity index (χ0n) is 14.6. The van der Waals surface area contributed by atoms with Gasteiger partial charge in [-0.3, -0.25) is 4.68 Å². The first-order valence-corrected chi connectivity index (χ1v) is 8.09. The first-order valence-electron chi connectivity index (χ1n) is 8.09. The van der Waals surface area contributed by atoms with Gasteiger partial charge >= 0.3 is 0 Å². The molecule has 0 unspecified atom stereocenters. The summed E-state index contributed by atoms with van der Waals surface area (Å²) in [6.45, 7) is 6.39. The van der Waals surface area contributed by atoms with Crippen LogP contribution in [0.1, 0.15) is 36.7 Å². The van der Waals surface area contributed by atoms with Crippen LogP contribution in [-0.2, 0) is 20.1 Å². The summed E-state index contributed by atoms with van der Waals surface area (Å²) in [4.78, 5) is 8.87. The molecule has 7 heteroatoms. The van der Waals surface area contributed by atoms with Crippen molar-refractivity contribution in [2.75, 3.05) is 6.54 Å². The molecule has 0 saturated carbocycles. The summed E-state index contributed by atoms with van der Waals surface area (Å²) in [6.07, 6.45) is 3.97. The molecule has 0 aliphatic rings. The summed E-state index contributed by atoms with van der Waals surface area (Å²) >= 11 is 0. The Morgan fingerprint density at radius 2 is 1.96 bits per heavy atom. The zero-order chi connectivity index (χ0) is 16.5. The van der Waals surface area contributed by atoms with Gasteiger partial charge in [0.2, 0.25) is 0 Å². The monoisotopic (exact) mass is 442 g/mol. The number of aryl methyl sites for hydroxylation is 2. The summed E-state index contributed by atoms with van der Waals surface area (Å²) in [5, 5.41) is 10.9. The number of aromatic nitrogens is 3. The molecule has 0 saturated heterocycles. The Bertz CT molecular complexity index is 620. The van der Waals surface area contributed by atoms with Gasteiger partial charge < -0.3 is 10.6 Å². The van der Waals surface area contributed by atoms with Crippen molar-refractivity contribution in [2.24, 2.45) is 12.0 Å². The molecule has 0 atom stereocenters. The van der Waals surface area contributed by atoms with Gasteiger partial charge in [-0.05, 0) is 18.9 Å². The van der Waals surface area contributed by atoms with Crippen molar-refractivity contribution in [3.8, 4) is 0 Å². The van der Waals surface area contributed by atoms with Crippen LogP contribution in [-0.4, -0.2) is 27.3 Å². The molecular formula is C17H27IN6. The van der Waals surface area contributed by atoms with Crippen LogP contribution in [0.5, 0.6) is 0 Å². The van der Waals surface area contributed by atoms with Gasteiger partial charge in [-0.15, -0.1) is 24.0 Å². The molecule has 0 aliphatic carbocycles. The van der Waals surface area contributed by atoms with Crippen LogP contribution in [0.4, 0.5) is 0 Å². The largest absolute Gasteiger partial charge is 0.356 e. The third-order valence-corrected chi connectivity index (χ3v) is 3.42. The first-order chi connectivity index (χ1) is 11.2. The summed E-state index contributed by atoms with van der Waals surface area (Å²) < 4.78 is 1.70. The van der Waals surface area contributed by atoms with Crippen LogP contribution >= 0.6 is 24.0 Å². The van der Waals surface area contributed by atoms with E-state index in [4.69, 9.17) is 0 Å². The highest BCUT2D eigenvalue weighted by molar-refractivity contribution is 14.0. The Morgan fingerprint density at radius 3 is 2.58 bits per heavy atom. The van der Waals surface area contributed by atoms with E-state index in [2.05, 4.69) is 63.8 Å². The van der Waals surface area contributed by atoms with Crippen LogP contribution in [0.2, 0.25) is 0 Å². The third kappa shape index (κ3) is 7.29. The average Bonchev–Trinajstić information content (AvgIpc) is 2.96. The first kappa shape index (κ1) is 20.4. The Morgan fingerprint density at radius 1 is 1.21 bits per heavy atom. The van der Waals surface area contributed by atoms with E-state index < -0.39 is 0 Å². The number of halogens is 1. The number of aliphatic imine (C=N–C) groups is 1. The maximum Gasteiger partial charge on any atom is 0.191 e. The molecule has 132 valence electrons. The van der Waals surface area contributed by atoms with Gasteiger partial charge in [0.05, 0.1) is 13.1 Å². The van der Waals surface area contributed by atoms with Gasteiger partial charge in [0.25, 0.3) is 0 Å². The smallest absolute Gasteiger partial charge is 0.191 e. The van der Waals surface area contributed by atoms with Crippen LogP contribution in [0.15, 0.2) is 35.6 Å². The molecule has 1 heterocycles. The molecule has 0 radical (unpaired) electrons. The molecule has 0 aliphatic heterocycles. The lowest BCUT2D eigenvalue weighted by atomic mass is 10.1. The summed E-state index contributed by atoms with van der Waals surface area (Å²) in [5.74, 6) is 1.55. The Labute approximate surface area is 161 Å². The van der Waals surface area contributed by atoms with Crippen LogP contribution in [0.25, 0.3) is 0 Å². The van der Waals surface area contributed by atoms with Crippen LogP contribution in [0, 0.1) is 6.92 Å². The molecular weight excluding hydrogens is 415 g/mol. The standard InChI is InChI=1S/C17H26N6.HI/c1-4-5-10-18-17(20-12-16-21-13-23(3)22-16)19-11-15-8-6-14(2)7-9-15;/h6-9,13H,4-5,10-12H2,1-3H3,(H2,18,19,20);1H. The maximum absolute atomic E-state index is 4.65. The number of rotatable bonds is 7. The Kier molecular flexibility index (Phi) is 9.36. The molecule has 1 aromatic heterocycles. The molecule has 24 heavy (non-hydrogen) atoms. The van der Waals surface area contributed by atoms with Crippen molar-refractivity contribution in [3.63, 3.8) is 0 Å². The minimum Gasteiger partial charge on any atom is -0.356 e. The number of benzene rings is 1. The maximum atomic E-state index is 4.65. The van der Waals surface area contributed by atoms with Gasteiger partial charge in [0.1, 0.15) is 6.33 Å². The highest BCUT2D eigenvalue weighted by Crippen LogP contribution is 2.04. The van der Waals surface area contributed by atoms with Crippen molar-refractivity contribution in [1.29, 1.82) is 0 Å². The van der Waals surface area contributed by atoms with Crippen LogP contribution < -0.4 is 10.6 Å². The molecule has 2 aromatic rings. The van der Waals surface area contributed by atoms with Gasteiger partial charge in [0, 0.05) is 13.6 Å². The van der Waals surface area contributed by atoms with Crippen molar-refractivity contribution < 1.29 is 0 Å². The van der Waals surface area contributed by atoms with E-state index in [1.807, 2.05) is 7.05 Å². The number of guanidine groups is 1. The van der Waals surface area contributed by atoms with E-state index >= 15 is 0 Å². The van der Waals surface area contributed by atoms with E-state index in [1.54, 1.807) is 11.0 Å². The zero-order valence-corrected chi connectivity index (χ0v) is 16.9. The quantitative estimate of drug-likeness (QED) is 0.300. The second-order valence-corrected chi connectivity index (χ2v) is 5.62. The van der Waals surface area contributed by atoms with Gasteiger partial charge in [-0.1, -0.05) is 43.2 Å². The van der Waals surface area contributed by atoms with Crippen molar-refractivity contribution >= 4 is 29.9 Å². The van der Waals surface area contributed by atoms with E-state index in [0.717, 1.165) is 31.2 Å². The fourth-order valence-electron chi connectivity index (χ4n) is 2.05. The lowest BCUT2D eigenvalue weighted by Gasteiger charge is -2.11. The van der Waals surface area contributed by atoms with Gasteiger partial charge in [-0.25, -0.2) is 9.98 Å². The lowest BCUT2D eigenvalue weighted by Crippen LogP contribution is -2.37. The molecule has 0 spiro atoms.